The fourth-order valence-corrected chi connectivity index (χ4v) is 5.68. The molecule has 3 aliphatic rings. The first-order valence-corrected chi connectivity index (χ1v) is 11.4. The number of fused-ring (bicyclic) bond motifs is 2. The molecule has 2 fully saturated rings. The highest BCUT2D eigenvalue weighted by molar-refractivity contribution is 5.92. The third kappa shape index (κ3) is 4.00. The highest BCUT2D eigenvalue weighted by atomic mass is 16.6. The predicted molar refractivity (Wildman–Crippen MR) is 119 cm³/mol. The third-order valence-electron chi connectivity index (χ3n) is 7.33. The van der Waals surface area contributed by atoms with Gasteiger partial charge in [0, 0.05) is 32.8 Å². The summed E-state index contributed by atoms with van der Waals surface area (Å²) >= 11 is 0. The number of hydrogen-bond donors (Lipinski definition) is 1. The van der Waals surface area contributed by atoms with Crippen molar-refractivity contribution in [2.75, 3.05) is 44.2 Å². The minimum Gasteiger partial charge on any atom is -0.450 e. The molecule has 3 heterocycles. The molecular weight excluding hydrogens is 380 g/mol. The Hall–Kier alpha value is -2.28. The summed E-state index contributed by atoms with van der Waals surface area (Å²) in [6, 6.07) is 8.51. The monoisotopic (exact) mass is 416 g/mol. The van der Waals surface area contributed by atoms with Crippen LogP contribution in [0.3, 0.4) is 0 Å². The zero-order chi connectivity index (χ0) is 21.1. The van der Waals surface area contributed by atoms with Gasteiger partial charge in [0.25, 0.3) is 0 Å². The van der Waals surface area contributed by atoms with Gasteiger partial charge in [-0.2, -0.15) is 0 Å². The van der Waals surface area contributed by atoms with E-state index in [-0.39, 0.29) is 19.0 Å². The summed E-state index contributed by atoms with van der Waals surface area (Å²) in [4.78, 5) is 30.2. The van der Waals surface area contributed by atoms with Gasteiger partial charge in [0.1, 0.15) is 0 Å². The van der Waals surface area contributed by atoms with E-state index >= 15 is 0 Å². The zero-order valence-electron chi connectivity index (χ0n) is 18.0. The number of nitrogens with two attached hydrogens (primary N) is 1. The van der Waals surface area contributed by atoms with Crippen LogP contribution in [0.4, 0.5) is 15.3 Å². The molecule has 1 spiro atoms. The number of benzene rings is 1. The molecule has 166 valence electrons. The molecule has 3 amide bonds. The Kier molecular flexibility index (Phi) is 6.18. The van der Waals surface area contributed by atoms with E-state index in [1.165, 1.54) is 5.56 Å². The van der Waals surface area contributed by atoms with Crippen LogP contribution in [-0.2, 0) is 10.2 Å². The second-order valence-electron chi connectivity index (χ2n) is 8.84. The highest BCUT2D eigenvalue weighted by Gasteiger charge is 2.41. The molecule has 0 unspecified atom stereocenters. The van der Waals surface area contributed by atoms with Crippen molar-refractivity contribution in [3.8, 4) is 0 Å². The number of urea groups is 1. The molecule has 0 bridgehead atoms. The number of carbonyl (C=O) groups is 2. The maximum absolute atomic E-state index is 12.0. The number of likely N-dealkylation sites (tertiary alicyclic amines) is 2. The molecule has 2 saturated heterocycles. The van der Waals surface area contributed by atoms with E-state index in [0.717, 1.165) is 70.4 Å². The highest BCUT2D eigenvalue weighted by Crippen LogP contribution is 2.46. The standard InChI is InChI=1S/C23H34N4O3.H2/c1-2-30-22(29)26-14-8-18(9-15-26)25-16-11-23(12-17-25)10-5-13-27(21(24)28)20-7-4-3-6-19(20)23;/h3-4,6-7,18H,2,5,8-17H2,1H3,(H2,24,28);1H. The Labute approximate surface area is 180 Å². The van der Waals surface area contributed by atoms with Crippen molar-refractivity contribution in [3.05, 3.63) is 29.8 Å². The van der Waals surface area contributed by atoms with Crippen LogP contribution in [0.25, 0.3) is 0 Å². The Morgan fingerprint density at radius 3 is 2.47 bits per heavy atom. The van der Waals surface area contributed by atoms with Gasteiger partial charge in [-0.3, -0.25) is 4.90 Å². The van der Waals surface area contributed by atoms with Crippen LogP contribution < -0.4 is 10.6 Å². The summed E-state index contributed by atoms with van der Waals surface area (Å²) < 4.78 is 5.14. The Bertz CT molecular complexity index is 774. The number of nitrogens with zero attached hydrogens (tertiary/aromatic N) is 3. The van der Waals surface area contributed by atoms with Crippen LogP contribution in [-0.4, -0.2) is 67.3 Å². The number of carbonyl (C=O) groups excluding carboxylic acids is 2. The van der Waals surface area contributed by atoms with Gasteiger partial charge in [-0.1, -0.05) is 18.2 Å². The lowest BCUT2D eigenvalue weighted by Crippen LogP contribution is -2.51. The number of para-hydroxylation sites is 1. The summed E-state index contributed by atoms with van der Waals surface area (Å²) in [7, 11) is 0. The van der Waals surface area contributed by atoms with Crippen molar-refractivity contribution in [3.63, 3.8) is 0 Å². The average molecular weight is 417 g/mol. The lowest BCUT2D eigenvalue weighted by atomic mass is 9.69. The smallest absolute Gasteiger partial charge is 0.409 e. The molecule has 1 aromatic carbocycles. The van der Waals surface area contributed by atoms with Crippen LogP contribution in [0.1, 0.15) is 52.4 Å². The number of primary amides is 1. The SMILES string of the molecule is CCOC(=O)N1CCC(N2CCC3(CCCN(C(N)=O)c4ccccc43)CC2)CC1.[HH]. The Morgan fingerprint density at radius 2 is 1.80 bits per heavy atom. The molecule has 3 aliphatic heterocycles. The Morgan fingerprint density at radius 1 is 1.10 bits per heavy atom. The molecule has 2 N–H and O–H groups in total. The van der Waals surface area contributed by atoms with Crippen molar-refractivity contribution in [1.29, 1.82) is 0 Å². The minimum atomic E-state index is -0.356. The maximum Gasteiger partial charge on any atom is 0.409 e. The van der Waals surface area contributed by atoms with Gasteiger partial charge in [0.05, 0.1) is 6.61 Å². The second kappa shape index (κ2) is 8.84. The van der Waals surface area contributed by atoms with Crippen molar-refractivity contribution in [2.45, 2.75) is 56.9 Å². The van der Waals surface area contributed by atoms with E-state index in [1.807, 2.05) is 24.0 Å². The van der Waals surface area contributed by atoms with Crippen molar-refractivity contribution in [1.82, 2.24) is 9.80 Å². The molecule has 0 atom stereocenters. The molecule has 7 heteroatoms. The molecule has 1 aromatic rings. The van der Waals surface area contributed by atoms with Crippen LogP contribution in [0.15, 0.2) is 24.3 Å². The number of ether oxygens (including phenoxy) is 1. The van der Waals surface area contributed by atoms with Crippen LogP contribution in [0, 0.1) is 0 Å². The summed E-state index contributed by atoms with van der Waals surface area (Å²) in [5.41, 5.74) is 8.10. The molecule has 0 aliphatic carbocycles. The summed E-state index contributed by atoms with van der Waals surface area (Å²) in [5.74, 6) is 0. The first kappa shape index (κ1) is 21.0. The summed E-state index contributed by atoms with van der Waals surface area (Å²) in [6.45, 7) is 6.67. The van der Waals surface area contributed by atoms with Crippen molar-refractivity contribution < 1.29 is 15.8 Å². The average Bonchev–Trinajstić information content (AvgIpc) is 2.92. The molecule has 7 nitrogen and oxygen atoms in total. The van der Waals surface area contributed by atoms with Gasteiger partial charge in [0.2, 0.25) is 0 Å². The van der Waals surface area contributed by atoms with E-state index in [1.54, 1.807) is 4.90 Å². The second-order valence-corrected chi connectivity index (χ2v) is 8.84. The fraction of sp³-hybridized carbons (Fsp3) is 0.652. The van der Waals surface area contributed by atoms with Gasteiger partial charge in [-0.25, -0.2) is 9.59 Å². The van der Waals surface area contributed by atoms with Gasteiger partial charge < -0.3 is 20.3 Å². The van der Waals surface area contributed by atoms with E-state index in [2.05, 4.69) is 17.0 Å². The first-order chi connectivity index (χ1) is 14.5. The summed E-state index contributed by atoms with van der Waals surface area (Å²) in [6.07, 6.45) is 6.14. The number of rotatable bonds is 2. The first-order valence-electron chi connectivity index (χ1n) is 11.4. The predicted octanol–water partition coefficient (Wildman–Crippen LogP) is 3.57. The molecule has 4 rings (SSSR count). The van der Waals surface area contributed by atoms with Crippen LogP contribution in [0.5, 0.6) is 0 Å². The zero-order valence-corrected chi connectivity index (χ0v) is 18.0. The minimum absolute atomic E-state index is 0. The Balaban J connectivity index is 0.00000272. The van der Waals surface area contributed by atoms with Gasteiger partial charge in [-0.15, -0.1) is 0 Å². The molecule has 30 heavy (non-hydrogen) atoms. The van der Waals surface area contributed by atoms with E-state index < -0.39 is 0 Å². The molecule has 0 saturated carbocycles. The largest absolute Gasteiger partial charge is 0.450 e. The van der Waals surface area contributed by atoms with Crippen molar-refractivity contribution in [2.24, 2.45) is 5.73 Å². The van der Waals surface area contributed by atoms with Gasteiger partial charge >= 0.3 is 12.1 Å². The molecular formula is C23H36N4O3. The lowest BCUT2D eigenvalue weighted by Gasteiger charge is -2.46. The van der Waals surface area contributed by atoms with E-state index in [4.69, 9.17) is 10.5 Å². The number of anilines is 1. The quantitative estimate of drug-likeness (QED) is 0.799. The van der Waals surface area contributed by atoms with Gasteiger partial charge in [0.15, 0.2) is 0 Å². The number of hydrogen-bond acceptors (Lipinski definition) is 4. The molecule has 0 radical (unpaired) electrons. The maximum atomic E-state index is 12.0. The van der Waals surface area contributed by atoms with Crippen LogP contribution >= 0.6 is 0 Å². The van der Waals surface area contributed by atoms with E-state index in [0.29, 0.717) is 19.2 Å². The topological polar surface area (TPSA) is 79.1 Å². The summed E-state index contributed by atoms with van der Waals surface area (Å²) in [5, 5.41) is 0. The lowest BCUT2D eigenvalue weighted by molar-refractivity contribution is 0.0549. The molecule has 0 aromatic heterocycles. The third-order valence-corrected chi connectivity index (χ3v) is 7.33. The van der Waals surface area contributed by atoms with Gasteiger partial charge in [-0.05, 0) is 75.6 Å². The van der Waals surface area contributed by atoms with E-state index in [9.17, 15) is 9.59 Å². The number of piperidine rings is 2. The van der Waals surface area contributed by atoms with Crippen LogP contribution in [0.2, 0.25) is 0 Å². The number of amides is 3. The fourth-order valence-electron chi connectivity index (χ4n) is 5.68. The normalized spacial score (nSPS) is 22.4. The van der Waals surface area contributed by atoms with Crippen molar-refractivity contribution >= 4 is 17.8 Å².